The molecule has 3 heteroatoms. The number of pyridine rings is 1. The van der Waals surface area contributed by atoms with Crippen molar-refractivity contribution in [2.45, 2.75) is 18.9 Å². The van der Waals surface area contributed by atoms with E-state index in [9.17, 15) is 0 Å². The van der Waals surface area contributed by atoms with E-state index in [1.165, 1.54) is 36.7 Å². The molecule has 0 unspecified atom stereocenters. The molecule has 0 saturated carbocycles. The molecule has 1 aromatic carbocycles. The Kier molecular flexibility index (Phi) is 3.15. The molecular formula is C15H19N3. The first-order chi connectivity index (χ1) is 8.83. The van der Waals surface area contributed by atoms with Crippen LogP contribution in [0.5, 0.6) is 0 Å². The molecule has 2 aromatic rings. The summed E-state index contributed by atoms with van der Waals surface area (Å²) in [5.41, 5.74) is 0. The molecule has 94 valence electrons. The lowest BCUT2D eigenvalue weighted by Gasteiger charge is -2.30. The fourth-order valence-electron chi connectivity index (χ4n) is 2.58. The van der Waals surface area contributed by atoms with Crippen LogP contribution in [0.2, 0.25) is 0 Å². The van der Waals surface area contributed by atoms with Gasteiger partial charge in [0, 0.05) is 17.6 Å². The van der Waals surface area contributed by atoms with Gasteiger partial charge in [0.2, 0.25) is 0 Å². The van der Waals surface area contributed by atoms with Gasteiger partial charge in [-0.1, -0.05) is 24.3 Å². The van der Waals surface area contributed by atoms with Gasteiger partial charge in [0.05, 0.1) is 0 Å². The highest BCUT2D eigenvalue weighted by Gasteiger charge is 2.17. The third kappa shape index (κ3) is 2.31. The molecule has 0 spiro atoms. The first-order valence-corrected chi connectivity index (χ1v) is 6.62. The van der Waals surface area contributed by atoms with Gasteiger partial charge in [-0.2, -0.15) is 0 Å². The molecule has 0 amide bonds. The van der Waals surface area contributed by atoms with E-state index in [0.717, 1.165) is 5.82 Å². The minimum absolute atomic E-state index is 0.555. The first-order valence-electron chi connectivity index (χ1n) is 6.62. The van der Waals surface area contributed by atoms with Crippen LogP contribution in [-0.4, -0.2) is 36.1 Å². The van der Waals surface area contributed by atoms with Gasteiger partial charge in [-0.3, -0.25) is 0 Å². The minimum atomic E-state index is 0.555. The molecule has 1 aliphatic rings. The number of hydrogen-bond acceptors (Lipinski definition) is 3. The molecule has 3 nitrogen and oxygen atoms in total. The molecule has 1 N–H and O–H groups in total. The predicted octanol–water partition coefficient (Wildman–Crippen LogP) is 2.74. The van der Waals surface area contributed by atoms with Crippen molar-refractivity contribution < 1.29 is 0 Å². The molecule has 0 radical (unpaired) electrons. The maximum Gasteiger partial charge on any atom is 0.134 e. The zero-order valence-electron chi connectivity index (χ0n) is 10.8. The lowest BCUT2D eigenvalue weighted by Crippen LogP contribution is -2.36. The van der Waals surface area contributed by atoms with Gasteiger partial charge in [0.1, 0.15) is 5.82 Å². The van der Waals surface area contributed by atoms with Gasteiger partial charge in [-0.25, -0.2) is 4.98 Å². The predicted molar refractivity (Wildman–Crippen MR) is 75.9 cm³/mol. The smallest absolute Gasteiger partial charge is 0.134 e. The lowest BCUT2D eigenvalue weighted by molar-refractivity contribution is 0.264. The van der Waals surface area contributed by atoms with Gasteiger partial charge in [-0.05, 0) is 44.4 Å². The van der Waals surface area contributed by atoms with Crippen LogP contribution in [-0.2, 0) is 0 Å². The van der Waals surface area contributed by atoms with Crippen molar-refractivity contribution in [3.63, 3.8) is 0 Å². The molecule has 3 rings (SSSR count). The summed E-state index contributed by atoms with van der Waals surface area (Å²) >= 11 is 0. The number of anilines is 1. The highest BCUT2D eigenvalue weighted by Crippen LogP contribution is 2.23. The van der Waals surface area contributed by atoms with Crippen molar-refractivity contribution in [1.82, 2.24) is 9.88 Å². The summed E-state index contributed by atoms with van der Waals surface area (Å²) in [4.78, 5) is 6.88. The molecule has 1 saturated heterocycles. The third-order valence-corrected chi connectivity index (χ3v) is 3.73. The van der Waals surface area contributed by atoms with Gasteiger partial charge >= 0.3 is 0 Å². The summed E-state index contributed by atoms with van der Waals surface area (Å²) in [6, 6.07) is 11.0. The monoisotopic (exact) mass is 241 g/mol. The van der Waals surface area contributed by atoms with Crippen molar-refractivity contribution in [1.29, 1.82) is 0 Å². The zero-order valence-corrected chi connectivity index (χ0v) is 10.8. The Balaban J connectivity index is 1.82. The standard InChI is InChI=1S/C15H19N3/c1-18-10-7-13(8-11-18)17-15-14-5-3-2-4-12(14)6-9-16-15/h2-6,9,13H,7-8,10-11H2,1H3,(H,16,17). The van der Waals surface area contributed by atoms with Crippen LogP contribution >= 0.6 is 0 Å². The van der Waals surface area contributed by atoms with Gasteiger partial charge in [-0.15, -0.1) is 0 Å². The maximum atomic E-state index is 4.50. The highest BCUT2D eigenvalue weighted by molar-refractivity contribution is 5.91. The van der Waals surface area contributed by atoms with Crippen LogP contribution in [0.3, 0.4) is 0 Å². The normalized spacial score (nSPS) is 18.1. The molecule has 18 heavy (non-hydrogen) atoms. The second-order valence-corrected chi connectivity index (χ2v) is 5.10. The first kappa shape index (κ1) is 11.5. The Morgan fingerprint density at radius 3 is 2.78 bits per heavy atom. The van der Waals surface area contributed by atoms with Gasteiger partial charge < -0.3 is 10.2 Å². The van der Waals surface area contributed by atoms with Crippen LogP contribution < -0.4 is 5.32 Å². The number of hydrogen-bond donors (Lipinski definition) is 1. The molecule has 0 aliphatic carbocycles. The van der Waals surface area contributed by atoms with E-state index in [1.54, 1.807) is 0 Å². The van der Waals surface area contributed by atoms with E-state index in [1.807, 2.05) is 6.20 Å². The summed E-state index contributed by atoms with van der Waals surface area (Å²) < 4.78 is 0. The molecule has 1 aromatic heterocycles. The molecule has 2 heterocycles. The fourth-order valence-corrected chi connectivity index (χ4v) is 2.58. The highest BCUT2D eigenvalue weighted by atomic mass is 15.1. The number of nitrogens with zero attached hydrogens (tertiary/aromatic N) is 2. The molecule has 0 bridgehead atoms. The number of benzene rings is 1. The van der Waals surface area contributed by atoms with Crippen LogP contribution in [0.4, 0.5) is 5.82 Å². The van der Waals surface area contributed by atoms with E-state index >= 15 is 0 Å². The number of likely N-dealkylation sites (tertiary alicyclic amines) is 1. The maximum absolute atomic E-state index is 4.50. The van der Waals surface area contributed by atoms with Crippen LogP contribution in [0.1, 0.15) is 12.8 Å². The van der Waals surface area contributed by atoms with Crippen LogP contribution in [0, 0.1) is 0 Å². The van der Waals surface area contributed by atoms with Crippen molar-refractivity contribution >= 4 is 16.6 Å². The Bertz CT molecular complexity index is 525. The van der Waals surface area contributed by atoms with Crippen molar-refractivity contribution in [3.8, 4) is 0 Å². The third-order valence-electron chi connectivity index (χ3n) is 3.73. The molecular weight excluding hydrogens is 222 g/mol. The molecule has 1 aliphatic heterocycles. The zero-order chi connectivity index (χ0) is 12.4. The second kappa shape index (κ2) is 4.94. The Morgan fingerprint density at radius 1 is 1.17 bits per heavy atom. The summed E-state index contributed by atoms with van der Waals surface area (Å²) in [7, 11) is 2.19. The largest absolute Gasteiger partial charge is 0.367 e. The molecule has 1 fully saturated rings. The Hall–Kier alpha value is -1.61. The average molecular weight is 241 g/mol. The Morgan fingerprint density at radius 2 is 1.94 bits per heavy atom. The number of piperidine rings is 1. The van der Waals surface area contributed by atoms with Crippen molar-refractivity contribution in [2.24, 2.45) is 0 Å². The van der Waals surface area contributed by atoms with Crippen LogP contribution in [0.25, 0.3) is 10.8 Å². The molecule has 0 atom stereocenters. The number of aromatic nitrogens is 1. The SMILES string of the molecule is CN1CCC(Nc2nccc3ccccc23)CC1. The van der Waals surface area contributed by atoms with E-state index in [2.05, 4.69) is 52.6 Å². The second-order valence-electron chi connectivity index (χ2n) is 5.10. The number of fused-ring (bicyclic) bond motifs is 1. The Labute approximate surface area is 108 Å². The lowest BCUT2D eigenvalue weighted by atomic mass is 10.1. The number of nitrogens with one attached hydrogen (secondary N) is 1. The summed E-state index contributed by atoms with van der Waals surface area (Å²) in [5, 5.41) is 6.08. The minimum Gasteiger partial charge on any atom is -0.367 e. The van der Waals surface area contributed by atoms with E-state index in [0.29, 0.717) is 6.04 Å². The van der Waals surface area contributed by atoms with E-state index in [4.69, 9.17) is 0 Å². The van der Waals surface area contributed by atoms with Gasteiger partial charge in [0.25, 0.3) is 0 Å². The number of rotatable bonds is 2. The fraction of sp³-hybridized carbons (Fsp3) is 0.400. The summed E-state index contributed by atoms with van der Waals surface area (Å²) in [6.45, 7) is 2.34. The quantitative estimate of drug-likeness (QED) is 0.876. The average Bonchev–Trinajstić information content (AvgIpc) is 2.42. The van der Waals surface area contributed by atoms with Gasteiger partial charge in [0.15, 0.2) is 0 Å². The van der Waals surface area contributed by atoms with E-state index in [-0.39, 0.29) is 0 Å². The summed E-state index contributed by atoms with van der Waals surface area (Å²) in [6.07, 6.45) is 4.28. The topological polar surface area (TPSA) is 28.2 Å². The van der Waals surface area contributed by atoms with Crippen LogP contribution in [0.15, 0.2) is 36.5 Å². The van der Waals surface area contributed by atoms with Crippen molar-refractivity contribution in [2.75, 3.05) is 25.5 Å². The summed E-state index contributed by atoms with van der Waals surface area (Å²) in [5.74, 6) is 1.03. The van der Waals surface area contributed by atoms with Crippen molar-refractivity contribution in [3.05, 3.63) is 36.5 Å². The van der Waals surface area contributed by atoms with E-state index < -0.39 is 0 Å².